The van der Waals surface area contributed by atoms with Crippen molar-refractivity contribution in [1.82, 2.24) is 10.2 Å². The molecule has 2 rings (SSSR count). The van der Waals surface area contributed by atoms with Crippen molar-refractivity contribution < 1.29 is 14.3 Å². The summed E-state index contributed by atoms with van der Waals surface area (Å²) in [5.74, 6) is 1.79. The Kier molecular flexibility index (Phi) is 6.23. The number of anilines is 1. The van der Waals surface area contributed by atoms with Gasteiger partial charge in [0.1, 0.15) is 11.5 Å². The third kappa shape index (κ3) is 5.05. The van der Waals surface area contributed by atoms with E-state index in [1.54, 1.807) is 37.5 Å². The Morgan fingerprint density at radius 1 is 1.36 bits per heavy atom. The fraction of sp³-hybridized carbons (Fsp3) is 0.214. The molecule has 0 aliphatic rings. The minimum atomic E-state index is -0.285. The molecule has 0 fully saturated rings. The molecule has 116 valence electrons. The lowest BCUT2D eigenvalue weighted by molar-refractivity contribution is -0.118. The molecule has 22 heavy (non-hydrogen) atoms. The van der Waals surface area contributed by atoms with Crippen LogP contribution in [-0.2, 0) is 4.79 Å². The lowest BCUT2D eigenvalue weighted by Gasteiger charge is -2.06. The molecule has 8 heteroatoms. The van der Waals surface area contributed by atoms with Gasteiger partial charge in [-0.1, -0.05) is 29.2 Å². The molecule has 1 aromatic heterocycles. The van der Waals surface area contributed by atoms with Crippen molar-refractivity contribution >= 4 is 34.1 Å². The quantitative estimate of drug-likeness (QED) is 0.454. The molecule has 0 atom stereocenters. The van der Waals surface area contributed by atoms with Gasteiger partial charge >= 0.3 is 0 Å². The van der Waals surface area contributed by atoms with Crippen LogP contribution >= 0.6 is 23.1 Å². The minimum absolute atomic E-state index is 0.0962. The zero-order valence-electron chi connectivity index (χ0n) is 11.9. The second kappa shape index (κ2) is 8.40. The number of benzene rings is 1. The fourth-order valence-electron chi connectivity index (χ4n) is 1.43. The number of rotatable bonds is 8. The van der Waals surface area contributed by atoms with Crippen molar-refractivity contribution in [1.29, 1.82) is 0 Å². The number of hydrogen-bond acceptors (Lipinski definition) is 7. The van der Waals surface area contributed by atoms with Crippen molar-refractivity contribution in [3.8, 4) is 11.5 Å². The Morgan fingerprint density at radius 3 is 2.77 bits per heavy atom. The molecule has 1 heterocycles. The molecule has 1 amide bonds. The number of amides is 1. The van der Waals surface area contributed by atoms with Gasteiger partial charge in [-0.15, -0.1) is 16.8 Å². The number of carbonyl (C=O) groups excluding carboxylic acids is 1. The third-order valence-corrected chi connectivity index (χ3v) is 4.37. The first-order valence-electron chi connectivity index (χ1n) is 6.35. The maximum atomic E-state index is 11.8. The zero-order valence-corrected chi connectivity index (χ0v) is 13.6. The average molecular weight is 337 g/mol. The summed E-state index contributed by atoms with van der Waals surface area (Å²) < 4.78 is 11.2. The lowest BCUT2D eigenvalue weighted by Crippen LogP contribution is -2.20. The smallest absolute Gasteiger partial charge is 0.264 e. The first kappa shape index (κ1) is 16.3. The SMILES string of the molecule is C=CCSc1nnc(NC(=O)COc2ccc(OC)cc2)s1. The molecular weight excluding hydrogens is 322 g/mol. The van der Waals surface area contributed by atoms with Crippen molar-refractivity contribution in [2.24, 2.45) is 0 Å². The molecule has 6 nitrogen and oxygen atoms in total. The fourth-order valence-corrected chi connectivity index (χ4v) is 2.95. The standard InChI is InChI=1S/C14H15N3O3S2/c1-3-8-21-14-17-16-13(22-14)15-12(18)9-20-11-6-4-10(19-2)5-7-11/h3-7H,1,8-9H2,2H3,(H,15,16,18). The molecule has 0 unspecified atom stereocenters. The summed E-state index contributed by atoms with van der Waals surface area (Å²) in [6.07, 6.45) is 1.78. The van der Waals surface area contributed by atoms with E-state index in [-0.39, 0.29) is 12.5 Å². The predicted octanol–water partition coefficient (Wildman–Crippen LogP) is 2.84. The Hall–Kier alpha value is -2.06. The van der Waals surface area contributed by atoms with Gasteiger partial charge in [0.2, 0.25) is 5.13 Å². The van der Waals surface area contributed by atoms with Crippen LogP contribution in [0.25, 0.3) is 0 Å². The van der Waals surface area contributed by atoms with Gasteiger partial charge in [-0.25, -0.2) is 0 Å². The summed E-state index contributed by atoms with van der Waals surface area (Å²) in [5.41, 5.74) is 0. The van der Waals surface area contributed by atoms with Gasteiger partial charge < -0.3 is 9.47 Å². The van der Waals surface area contributed by atoms with Gasteiger partial charge in [0.05, 0.1) is 7.11 Å². The van der Waals surface area contributed by atoms with Crippen LogP contribution in [0.1, 0.15) is 0 Å². The highest BCUT2D eigenvalue weighted by Gasteiger charge is 2.09. The average Bonchev–Trinajstić information content (AvgIpc) is 2.98. The number of hydrogen-bond donors (Lipinski definition) is 1. The number of thioether (sulfide) groups is 1. The summed E-state index contributed by atoms with van der Waals surface area (Å²) in [6.45, 7) is 3.54. The zero-order chi connectivity index (χ0) is 15.8. The highest BCUT2D eigenvalue weighted by Crippen LogP contribution is 2.25. The molecule has 0 radical (unpaired) electrons. The van der Waals surface area contributed by atoms with Crippen molar-refractivity contribution in [2.45, 2.75) is 4.34 Å². The molecule has 0 bridgehead atoms. The number of nitrogens with zero attached hydrogens (tertiary/aromatic N) is 2. The Balaban J connectivity index is 1.79. The van der Waals surface area contributed by atoms with E-state index in [1.807, 2.05) is 0 Å². The molecular formula is C14H15N3O3S2. The minimum Gasteiger partial charge on any atom is -0.497 e. The van der Waals surface area contributed by atoms with Crippen LogP contribution < -0.4 is 14.8 Å². The maximum Gasteiger partial charge on any atom is 0.264 e. The Morgan fingerprint density at radius 2 is 2.09 bits per heavy atom. The van der Waals surface area contributed by atoms with E-state index in [4.69, 9.17) is 9.47 Å². The van der Waals surface area contributed by atoms with Crippen LogP contribution in [0.15, 0.2) is 41.3 Å². The van der Waals surface area contributed by atoms with Crippen molar-refractivity contribution in [2.75, 3.05) is 24.8 Å². The van der Waals surface area contributed by atoms with Crippen molar-refractivity contribution in [3.63, 3.8) is 0 Å². The van der Waals surface area contributed by atoms with Crippen LogP contribution in [0.5, 0.6) is 11.5 Å². The van der Waals surface area contributed by atoms with Crippen LogP contribution in [-0.4, -0.2) is 35.6 Å². The van der Waals surface area contributed by atoms with E-state index >= 15 is 0 Å². The highest BCUT2D eigenvalue weighted by atomic mass is 32.2. The van der Waals surface area contributed by atoms with Gasteiger partial charge in [-0.2, -0.15) is 0 Å². The monoisotopic (exact) mass is 337 g/mol. The number of carbonyl (C=O) groups is 1. The molecule has 0 aliphatic heterocycles. The van der Waals surface area contributed by atoms with Crippen molar-refractivity contribution in [3.05, 3.63) is 36.9 Å². The van der Waals surface area contributed by atoms with Crippen LogP contribution in [0.4, 0.5) is 5.13 Å². The summed E-state index contributed by atoms with van der Waals surface area (Å²) >= 11 is 2.83. The van der Waals surface area contributed by atoms with E-state index in [0.717, 1.165) is 15.8 Å². The maximum absolute atomic E-state index is 11.8. The summed E-state index contributed by atoms with van der Waals surface area (Å²) in [6, 6.07) is 7.00. The summed E-state index contributed by atoms with van der Waals surface area (Å²) in [5, 5.41) is 11.0. The molecule has 0 aliphatic carbocycles. The van der Waals surface area contributed by atoms with E-state index in [0.29, 0.717) is 10.9 Å². The number of nitrogens with one attached hydrogen (secondary N) is 1. The second-order valence-electron chi connectivity index (χ2n) is 3.99. The normalized spacial score (nSPS) is 10.0. The van der Waals surface area contributed by atoms with Gasteiger partial charge in [-0.3, -0.25) is 10.1 Å². The molecule has 0 spiro atoms. The van der Waals surface area contributed by atoms with Crippen LogP contribution in [0.2, 0.25) is 0 Å². The van der Waals surface area contributed by atoms with Crippen LogP contribution in [0, 0.1) is 0 Å². The second-order valence-corrected chi connectivity index (χ2v) is 6.23. The highest BCUT2D eigenvalue weighted by molar-refractivity contribution is 8.01. The molecule has 1 aromatic carbocycles. The number of aromatic nitrogens is 2. The topological polar surface area (TPSA) is 73.3 Å². The van der Waals surface area contributed by atoms with E-state index in [9.17, 15) is 4.79 Å². The Bertz CT molecular complexity index is 629. The number of methoxy groups -OCH3 is 1. The molecule has 1 N–H and O–H groups in total. The van der Waals surface area contributed by atoms with E-state index < -0.39 is 0 Å². The molecule has 2 aromatic rings. The summed E-state index contributed by atoms with van der Waals surface area (Å²) in [7, 11) is 1.59. The lowest BCUT2D eigenvalue weighted by atomic mass is 10.3. The first-order valence-corrected chi connectivity index (χ1v) is 8.15. The third-order valence-electron chi connectivity index (χ3n) is 2.41. The van der Waals surface area contributed by atoms with E-state index in [1.165, 1.54) is 23.1 Å². The number of ether oxygens (including phenoxy) is 2. The molecule has 0 saturated heterocycles. The van der Waals surface area contributed by atoms with Gasteiger partial charge in [0.15, 0.2) is 10.9 Å². The largest absolute Gasteiger partial charge is 0.497 e. The van der Waals surface area contributed by atoms with Gasteiger partial charge in [0, 0.05) is 5.75 Å². The van der Waals surface area contributed by atoms with E-state index in [2.05, 4.69) is 22.1 Å². The van der Waals surface area contributed by atoms with Gasteiger partial charge in [0.25, 0.3) is 5.91 Å². The van der Waals surface area contributed by atoms with Gasteiger partial charge in [-0.05, 0) is 24.3 Å². The molecule has 0 saturated carbocycles. The first-order chi connectivity index (χ1) is 10.7. The predicted molar refractivity (Wildman–Crippen MR) is 87.9 cm³/mol. The Labute approximate surface area is 136 Å². The summed E-state index contributed by atoms with van der Waals surface area (Å²) in [4.78, 5) is 11.8. The van der Waals surface area contributed by atoms with Crippen LogP contribution in [0.3, 0.4) is 0 Å².